The summed E-state index contributed by atoms with van der Waals surface area (Å²) in [4.78, 5) is 26.0. The molecule has 1 unspecified atom stereocenters. The third-order valence-corrected chi connectivity index (χ3v) is 5.73. The van der Waals surface area contributed by atoms with Crippen molar-refractivity contribution in [3.05, 3.63) is 83.9 Å². The van der Waals surface area contributed by atoms with E-state index in [9.17, 15) is 9.90 Å². The summed E-state index contributed by atoms with van der Waals surface area (Å²) >= 11 is 0. The highest BCUT2D eigenvalue weighted by Gasteiger charge is 2.22. The second kappa shape index (κ2) is 12.4. The lowest BCUT2D eigenvalue weighted by Crippen LogP contribution is -2.32. The zero-order chi connectivity index (χ0) is 26.1. The Morgan fingerprint density at radius 3 is 2.36 bits per heavy atom. The number of carbonyl (C=O) groups is 1. The Balaban J connectivity index is 0.00000176. The Morgan fingerprint density at radius 1 is 1.11 bits per heavy atom. The van der Waals surface area contributed by atoms with Crippen molar-refractivity contribution >= 4 is 23.6 Å². The van der Waals surface area contributed by atoms with Crippen molar-refractivity contribution in [1.82, 2.24) is 19.4 Å². The Bertz CT molecular complexity index is 1340. The molecule has 0 spiro atoms. The number of anilines is 1. The molecule has 9 nitrogen and oxygen atoms in total. The fourth-order valence-corrected chi connectivity index (χ4v) is 4.15. The van der Waals surface area contributed by atoms with Crippen LogP contribution in [0.25, 0.3) is 16.7 Å². The fourth-order valence-electron chi connectivity index (χ4n) is 4.15. The quantitative estimate of drug-likeness (QED) is 0.225. The van der Waals surface area contributed by atoms with Gasteiger partial charge in [-0.2, -0.15) is 0 Å². The number of fused-ring (bicyclic) bond motifs is 1. The van der Waals surface area contributed by atoms with Gasteiger partial charge in [0.25, 0.3) is 0 Å². The summed E-state index contributed by atoms with van der Waals surface area (Å²) in [5.41, 5.74) is 8.10. The van der Waals surface area contributed by atoms with E-state index < -0.39 is 0 Å². The lowest BCUT2D eigenvalue weighted by Gasteiger charge is -2.18. The molecule has 0 saturated carbocycles. The number of aromatic hydroxyl groups is 1. The van der Waals surface area contributed by atoms with E-state index in [0.717, 1.165) is 24.8 Å². The Kier molecular flexibility index (Phi) is 9.01. The molecule has 0 amide bonds. The van der Waals surface area contributed by atoms with E-state index in [1.54, 1.807) is 47.2 Å². The first kappa shape index (κ1) is 26.2. The number of rotatable bonds is 10. The van der Waals surface area contributed by atoms with Gasteiger partial charge in [0.1, 0.15) is 35.4 Å². The molecule has 36 heavy (non-hydrogen) atoms. The highest BCUT2D eigenvalue weighted by molar-refractivity contribution is 5.87. The number of hydrogen-bond acceptors (Lipinski definition) is 7. The van der Waals surface area contributed by atoms with Crippen molar-refractivity contribution in [2.45, 2.75) is 25.3 Å². The molecular formula is C27H31N5O4. The molecule has 4 rings (SSSR count). The molecule has 0 aliphatic heterocycles. The number of phenols is 1. The van der Waals surface area contributed by atoms with E-state index in [4.69, 9.17) is 15.3 Å². The molecule has 4 aromatic rings. The van der Waals surface area contributed by atoms with Crippen LogP contribution in [0.4, 0.5) is 5.82 Å². The van der Waals surface area contributed by atoms with Gasteiger partial charge in [-0.15, -0.1) is 6.58 Å². The Morgan fingerprint density at radius 2 is 1.75 bits per heavy atom. The molecule has 0 fully saturated rings. The van der Waals surface area contributed by atoms with Crippen LogP contribution >= 0.6 is 0 Å². The maximum atomic E-state index is 13.7. The van der Waals surface area contributed by atoms with Gasteiger partial charge in [-0.1, -0.05) is 6.08 Å². The number of phenolic OH excluding ortho intramolecular Hbond substituents is 1. The number of nitrogens with two attached hydrogens (primary N) is 1. The maximum absolute atomic E-state index is 13.7. The number of allylic oxidation sites excluding steroid dienone is 1. The standard InChI is InChI=1S/C26H29N5O3.CH2O/c1-3-4-5-6-19(17-28-2)30-23-15-16-29-25(27)24(23)31(26(30)33)18-7-11-21(12-8-18)34-22-13-9-20(32)10-14-22;1-2/h3,7-16,19,28,32H,1,4-6,17H2,2H3,(H2,27,29);1H2. The number of ether oxygens (including phenoxy) is 1. The summed E-state index contributed by atoms with van der Waals surface area (Å²) in [6, 6.07) is 15.5. The normalized spacial score (nSPS) is 11.5. The van der Waals surface area contributed by atoms with Crippen LogP contribution in [-0.2, 0) is 4.79 Å². The van der Waals surface area contributed by atoms with E-state index in [1.807, 2.05) is 42.7 Å². The average molecular weight is 490 g/mol. The molecular weight excluding hydrogens is 458 g/mol. The molecule has 2 aromatic heterocycles. The van der Waals surface area contributed by atoms with Gasteiger partial charge in [-0.3, -0.25) is 9.13 Å². The Labute approximate surface area is 209 Å². The van der Waals surface area contributed by atoms with Crippen LogP contribution in [-0.4, -0.2) is 39.6 Å². The largest absolute Gasteiger partial charge is 0.508 e. The van der Waals surface area contributed by atoms with Crippen LogP contribution in [0.2, 0.25) is 0 Å². The number of pyridine rings is 1. The van der Waals surface area contributed by atoms with Crippen molar-refractivity contribution < 1.29 is 14.6 Å². The van der Waals surface area contributed by atoms with Crippen LogP contribution < -0.4 is 21.5 Å². The molecule has 0 bridgehead atoms. The molecule has 0 aliphatic carbocycles. The van der Waals surface area contributed by atoms with Crippen LogP contribution in [0.5, 0.6) is 17.2 Å². The maximum Gasteiger partial charge on any atom is 0.334 e. The molecule has 9 heteroatoms. The van der Waals surface area contributed by atoms with Crippen molar-refractivity contribution in [3.8, 4) is 22.9 Å². The van der Waals surface area contributed by atoms with Gasteiger partial charge in [0.05, 0.1) is 17.2 Å². The first-order valence-corrected chi connectivity index (χ1v) is 11.5. The topological polar surface area (TPSA) is 124 Å². The molecule has 1 atom stereocenters. The van der Waals surface area contributed by atoms with E-state index in [1.165, 1.54) is 0 Å². The van der Waals surface area contributed by atoms with Crippen molar-refractivity contribution in [1.29, 1.82) is 0 Å². The third kappa shape index (κ3) is 5.64. The molecule has 2 heterocycles. The van der Waals surface area contributed by atoms with Gasteiger partial charge >= 0.3 is 5.69 Å². The summed E-state index contributed by atoms with van der Waals surface area (Å²) < 4.78 is 9.26. The highest BCUT2D eigenvalue weighted by atomic mass is 16.5. The lowest BCUT2D eigenvalue weighted by atomic mass is 10.1. The summed E-state index contributed by atoms with van der Waals surface area (Å²) in [5, 5.41) is 12.7. The number of nitrogen functional groups attached to an aromatic ring is 1. The van der Waals surface area contributed by atoms with Gasteiger partial charge in [0.2, 0.25) is 0 Å². The van der Waals surface area contributed by atoms with Crippen molar-refractivity contribution in [3.63, 3.8) is 0 Å². The smallest absolute Gasteiger partial charge is 0.334 e. The third-order valence-electron chi connectivity index (χ3n) is 5.73. The van der Waals surface area contributed by atoms with Gasteiger partial charge in [-0.25, -0.2) is 9.78 Å². The zero-order valence-corrected chi connectivity index (χ0v) is 20.3. The first-order valence-electron chi connectivity index (χ1n) is 11.5. The van der Waals surface area contributed by atoms with Crippen LogP contribution in [0.1, 0.15) is 25.3 Å². The first-order chi connectivity index (χ1) is 17.5. The van der Waals surface area contributed by atoms with Gasteiger partial charge in [0, 0.05) is 12.7 Å². The average Bonchev–Trinajstić information content (AvgIpc) is 3.19. The van der Waals surface area contributed by atoms with Gasteiger partial charge < -0.3 is 25.7 Å². The second-order valence-electron chi connectivity index (χ2n) is 8.07. The van der Waals surface area contributed by atoms with Crippen LogP contribution in [0, 0.1) is 0 Å². The number of aromatic nitrogens is 3. The fraction of sp³-hybridized carbons (Fsp3) is 0.222. The summed E-state index contributed by atoms with van der Waals surface area (Å²) in [7, 11) is 1.88. The number of benzene rings is 2. The number of nitrogens with zero attached hydrogens (tertiary/aromatic N) is 3. The second-order valence-corrected chi connectivity index (χ2v) is 8.07. The summed E-state index contributed by atoms with van der Waals surface area (Å²) in [6.45, 7) is 6.45. The van der Waals surface area contributed by atoms with E-state index >= 15 is 0 Å². The molecule has 0 aliphatic rings. The van der Waals surface area contributed by atoms with Crippen molar-refractivity contribution in [2.75, 3.05) is 19.3 Å². The predicted molar refractivity (Wildman–Crippen MR) is 142 cm³/mol. The van der Waals surface area contributed by atoms with E-state index in [2.05, 4.69) is 16.9 Å². The number of carbonyl (C=O) groups excluding carboxylic acids is 1. The van der Waals surface area contributed by atoms with E-state index in [0.29, 0.717) is 35.1 Å². The van der Waals surface area contributed by atoms with Crippen molar-refractivity contribution in [2.24, 2.45) is 0 Å². The monoisotopic (exact) mass is 489 g/mol. The minimum atomic E-state index is -0.166. The molecule has 0 radical (unpaired) electrons. The predicted octanol–water partition coefficient (Wildman–Crippen LogP) is 4.20. The number of likely N-dealkylation sites (N-methyl/N-ethyl adjacent to an activating group) is 1. The van der Waals surface area contributed by atoms with Crippen LogP contribution in [0.3, 0.4) is 0 Å². The number of hydrogen-bond donors (Lipinski definition) is 3. The number of unbranched alkanes of at least 4 members (excludes halogenated alkanes) is 1. The lowest BCUT2D eigenvalue weighted by molar-refractivity contribution is -0.0980. The minimum absolute atomic E-state index is 0.0416. The highest BCUT2D eigenvalue weighted by Crippen LogP contribution is 2.28. The molecule has 188 valence electrons. The molecule has 2 aromatic carbocycles. The summed E-state index contributed by atoms with van der Waals surface area (Å²) in [5.74, 6) is 1.68. The SMILES string of the molecule is C=CCCCC(CNC)n1c(=O)n(-c2ccc(Oc3ccc(O)cc3)cc2)c2c(N)nccc21.C=O. The number of imidazole rings is 1. The molecule has 0 saturated heterocycles. The van der Waals surface area contributed by atoms with E-state index in [-0.39, 0.29) is 17.5 Å². The Hall–Kier alpha value is -4.37. The summed E-state index contributed by atoms with van der Waals surface area (Å²) in [6.07, 6.45) is 6.17. The minimum Gasteiger partial charge on any atom is -0.508 e. The van der Waals surface area contributed by atoms with Gasteiger partial charge in [-0.05, 0) is 80.9 Å². The zero-order valence-electron chi connectivity index (χ0n) is 20.3. The van der Waals surface area contributed by atoms with Gasteiger partial charge in [0.15, 0.2) is 0 Å². The van der Waals surface area contributed by atoms with Crippen LogP contribution in [0.15, 0.2) is 78.2 Å². The number of nitrogens with one attached hydrogen (secondary N) is 1. The molecule has 4 N–H and O–H groups in total.